The lowest BCUT2D eigenvalue weighted by Crippen LogP contribution is -2.05. The lowest BCUT2D eigenvalue weighted by Gasteiger charge is -2.08. The van der Waals surface area contributed by atoms with Gasteiger partial charge in [-0.1, -0.05) is 0 Å². The maximum Gasteiger partial charge on any atom is 0.138 e. The molecule has 1 rings (SSSR count). The van der Waals surface area contributed by atoms with Gasteiger partial charge in [0.1, 0.15) is 11.6 Å². The molecule has 0 fully saturated rings. The first kappa shape index (κ1) is 2.66. The Hall–Kier alpha value is -1.25. The predicted octanol–water partition coefficient (Wildman–Crippen LogP) is 1.45. The fourth-order valence-corrected chi connectivity index (χ4v) is 0.570. The zero-order chi connectivity index (χ0) is 14.2. The molecule has 0 spiro atoms. The summed E-state index contributed by atoms with van der Waals surface area (Å²) < 4.78 is 55.3. The summed E-state index contributed by atoms with van der Waals surface area (Å²) in [7, 11) is 0. The minimum atomic E-state index is -3.14. The lowest BCUT2D eigenvalue weighted by molar-refractivity contribution is 0.241. The molecule has 3 nitrogen and oxygen atoms in total. The lowest BCUT2D eigenvalue weighted by atomic mass is 10.4. The largest absolute Gasteiger partial charge is 0.489 e. The van der Waals surface area contributed by atoms with Crippen molar-refractivity contribution < 1.29 is 14.3 Å². The van der Waals surface area contributed by atoms with E-state index in [1.54, 1.807) is 0 Å². The fraction of sp³-hybridized carbons (Fsp3) is 0.375. The minimum absolute atomic E-state index is 0.147. The summed E-state index contributed by atoms with van der Waals surface area (Å²) >= 11 is 0. The van der Waals surface area contributed by atoms with Gasteiger partial charge in [0.25, 0.3) is 0 Å². The first-order valence-corrected chi connectivity index (χ1v) is 2.88. The highest BCUT2D eigenvalue weighted by atomic mass is 16.5. The van der Waals surface area contributed by atoms with Crippen molar-refractivity contribution in [3.8, 4) is 5.75 Å². The van der Waals surface area contributed by atoms with Crippen LogP contribution in [0.1, 0.15) is 23.3 Å². The number of nitrogens with two attached hydrogens (primary N) is 1. The summed E-state index contributed by atoms with van der Waals surface area (Å²) in [6.45, 7) is -6.28. The number of nitrogen functional groups attached to an aromatic ring is 1. The molecule has 0 unspecified atom stereocenters. The van der Waals surface area contributed by atoms with Crippen molar-refractivity contribution in [2.45, 2.75) is 19.8 Å². The van der Waals surface area contributed by atoms with Gasteiger partial charge in [-0.3, -0.25) is 0 Å². The van der Waals surface area contributed by atoms with Crippen LogP contribution >= 0.6 is 0 Å². The van der Waals surface area contributed by atoms with E-state index in [-0.39, 0.29) is 11.6 Å². The van der Waals surface area contributed by atoms with Crippen LogP contribution in [0.15, 0.2) is 18.3 Å². The van der Waals surface area contributed by atoms with Gasteiger partial charge in [-0.2, -0.15) is 0 Å². The number of ether oxygens (including phenoxy) is 1. The van der Waals surface area contributed by atoms with Gasteiger partial charge in [-0.25, -0.2) is 4.98 Å². The van der Waals surface area contributed by atoms with Gasteiger partial charge in [-0.05, 0) is 25.8 Å². The molecular formula is C8H12N2O. The molecule has 0 aromatic carbocycles. The van der Waals surface area contributed by atoms with E-state index in [0.717, 1.165) is 6.20 Å². The van der Waals surface area contributed by atoms with Gasteiger partial charge in [0.2, 0.25) is 0 Å². The third-order valence-corrected chi connectivity index (χ3v) is 0.979. The van der Waals surface area contributed by atoms with Crippen molar-refractivity contribution in [3.63, 3.8) is 0 Å². The molecule has 0 aliphatic carbocycles. The molecule has 1 aromatic heterocycles. The minimum Gasteiger partial charge on any atom is -0.489 e. The van der Waals surface area contributed by atoms with Crippen molar-refractivity contribution in [1.29, 1.82) is 0 Å². The number of rotatable bonds is 2. The van der Waals surface area contributed by atoms with E-state index in [4.69, 9.17) is 20.1 Å². The van der Waals surface area contributed by atoms with E-state index in [9.17, 15) is 0 Å². The molecule has 0 bridgehead atoms. The molecule has 11 heavy (non-hydrogen) atoms. The summed E-state index contributed by atoms with van der Waals surface area (Å²) in [4.78, 5) is 3.63. The number of hydrogen-bond donors (Lipinski definition) is 1. The third-order valence-electron chi connectivity index (χ3n) is 0.979. The summed E-state index contributed by atoms with van der Waals surface area (Å²) in [5.74, 6) is 0.0205. The summed E-state index contributed by atoms with van der Waals surface area (Å²) in [5, 5.41) is 0. The maximum absolute atomic E-state index is 7.61. The SMILES string of the molecule is [2H]C([2H])([2H])C([2H])(Oc1ccc(N)nc1)C([2H])([2H])[2H]. The third kappa shape index (κ3) is 2.45. The van der Waals surface area contributed by atoms with Crippen molar-refractivity contribution in [2.75, 3.05) is 5.73 Å². The highest BCUT2D eigenvalue weighted by Crippen LogP contribution is 2.11. The normalized spacial score (nSPS) is 22.7. The number of aromatic nitrogens is 1. The van der Waals surface area contributed by atoms with Gasteiger partial charge in [0, 0.05) is 8.22 Å². The van der Waals surface area contributed by atoms with Crippen molar-refractivity contribution in [3.05, 3.63) is 18.3 Å². The van der Waals surface area contributed by atoms with Crippen LogP contribution in [0.5, 0.6) is 5.75 Å². The van der Waals surface area contributed by atoms with Gasteiger partial charge in [0.15, 0.2) is 0 Å². The van der Waals surface area contributed by atoms with Gasteiger partial charge >= 0.3 is 0 Å². The van der Waals surface area contributed by atoms with Crippen LogP contribution in [-0.4, -0.2) is 11.1 Å². The smallest absolute Gasteiger partial charge is 0.138 e. The number of nitrogens with zero attached hydrogens (tertiary/aromatic N) is 1. The van der Waals surface area contributed by atoms with Crippen LogP contribution in [0.3, 0.4) is 0 Å². The number of anilines is 1. The highest BCUT2D eigenvalue weighted by molar-refractivity contribution is 5.32. The van der Waals surface area contributed by atoms with E-state index in [0.29, 0.717) is 0 Å². The Morgan fingerprint density at radius 3 is 3.09 bits per heavy atom. The van der Waals surface area contributed by atoms with E-state index < -0.39 is 19.8 Å². The van der Waals surface area contributed by atoms with E-state index in [1.165, 1.54) is 12.1 Å². The topological polar surface area (TPSA) is 48.1 Å². The molecule has 1 aromatic rings. The quantitative estimate of drug-likeness (QED) is 0.710. The molecule has 0 amide bonds. The summed E-state index contributed by atoms with van der Waals surface area (Å²) in [6.07, 6.45) is -1.99. The second kappa shape index (κ2) is 3.23. The van der Waals surface area contributed by atoms with Crippen LogP contribution in [0.2, 0.25) is 0 Å². The Morgan fingerprint density at radius 1 is 1.73 bits per heavy atom. The Morgan fingerprint density at radius 2 is 2.55 bits per heavy atom. The average Bonchev–Trinajstić information content (AvgIpc) is 2.18. The molecule has 2 N–H and O–H groups in total. The molecule has 0 radical (unpaired) electrons. The van der Waals surface area contributed by atoms with Crippen molar-refractivity contribution in [1.82, 2.24) is 4.98 Å². The molecular weight excluding hydrogens is 140 g/mol. The van der Waals surface area contributed by atoms with Crippen molar-refractivity contribution >= 4 is 5.82 Å². The van der Waals surface area contributed by atoms with Crippen LogP contribution < -0.4 is 10.5 Å². The van der Waals surface area contributed by atoms with Crippen LogP contribution in [-0.2, 0) is 0 Å². The Bertz CT molecular complexity index is 397. The molecule has 3 heteroatoms. The molecule has 0 aliphatic rings. The Balaban J connectivity index is 3.12. The number of hydrogen-bond acceptors (Lipinski definition) is 3. The molecule has 60 valence electrons. The molecule has 0 saturated heterocycles. The van der Waals surface area contributed by atoms with Gasteiger partial charge < -0.3 is 10.5 Å². The van der Waals surface area contributed by atoms with Crippen molar-refractivity contribution in [2.24, 2.45) is 0 Å². The van der Waals surface area contributed by atoms with E-state index in [1.807, 2.05) is 0 Å². The zero-order valence-corrected chi connectivity index (χ0v) is 5.66. The van der Waals surface area contributed by atoms with E-state index >= 15 is 0 Å². The Kier molecular flexibility index (Phi) is 0.782. The van der Waals surface area contributed by atoms with Crippen LogP contribution in [0.25, 0.3) is 0 Å². The van der Waals surface area contributed by atoms with Gasteiger partial charge in [-0.15, -0.1) is 0 Å². The predicted molar refractivity (Wildman–Crippen MR) is 44.4 cm³/mol. The standard InChI is InChI=1S/C8H12N2O/c1-6(2)11-7-3-4-8(9)10-5-7/h3-6H,1-2H3,(H2,9,10)/i1D3,2D3,6D. The van der Waals surface area contributed by atoms with Crippen LogP contribution in [0, 0.1) is 0 Å². The fourth-order valence-electron chi connectivity index (χ4n) is 0.570. The summed E-state index contributed by atoms with van der Waals surface area (Å²) in [6, 6.07) is 2.57. The summed E-state index contributed by atoms with van der Waals surface area (Å²) in [5.41, 5.74) is 5.33. The maximum atomic E-state index is 7.61. The van der Waals surface area contributed by atoms with E-state index in [2.05, 4.69) is 4.98 Å². The molecule has 0 saturated carbocycles. The number of pyridine rings is 1. The molecule has 0 aliphatic heterocycles. The first-order valence-electron chi connectivity index (χ1n) is 6.38. The van der Waals surface area contributed by atoms with Gasteiger partial charge in [0.05, 0.1) is 13.6 Å². The average molecular weight is 159 g/mol. The van der Waals surface area contributed by atoms with Crippen LogP contribution in [0.4, 0.5) is 5.82 Å². The first-order chi connectivity index (χ1) is 7.97. The zero-order valence-electron chi connectivity index (χ0n) is 12.7. The second-order valence-corrected chi connectivity index (χ2v) is 1.85. The Labute approximate surface area is 76.0 Å². The monoisotopic (exact) mass is 159 g/mol. The molecule has 0 atom stereocenters. The molecule has 1 heterocycles. The highest BCUT2D eigenvalue weighted by Gasteiger charge is 1.95. The second-order valence-electron chi connectivity index (χ2n) is 1.85.